The second-order valence-corrected chi connectivity index (χ2v) is 14.9. The molecule has 0 saturated heterocycles. The Morgan fingerprint density at radius 1 is 0.340 bits per heavy atom. The molecule has 0 fully saturated rings. The first-order valence-corrected chi connectivity index (χ1v) is 18.9. The van der Waals surface area contributed by atoms with Crippen LogP contribution in [0, 0.1) is 0 Å². The summed E-state index contributed by atoms with van der Waals surface area (Å²) in [6, 6.07) is 71.1. The lowest BCUT2D eigenvalue weighted by Crippen LogP contribution is -2.10. The van der Waals surface area contributed by atoms with Gasteiger partial charge in [-0.15, -0.1) is 11.3 Å². The second-order valence-electron chi connectivity index (χ2n) is 13.8. The van der Waals surface area contributed by atoms with Gasteiger partial charge in [-0.05, 0) is 118 Å². The Hall–Kier alpha value is -6.68. The van der Waals surface area contributed by atoms with Crippen molar-refractivity contribution in [2.24, 2.45) is 0 Å². The molecular formula is C50H32N2S. The van der Waals surface area contributed by atoms with Crippen molar-refractivity contribution in [3.63, 3.8) is 0 Å². The van der Waals surface area contributed by atoms with Gasteiger partial charge < -0.3 is 9.47 Å². The number of anilines is 3. The molecule has 248 valence electrons. The summed E-state index contributed by atoms with van der Waals surface area (Å²) < 4.78 is 5.00. The van der Waals surface area contributed by atoms with Gasteiger partial charge in [0.05, 0.1) is 11.0 Å². The van der Waals surface area contributed by atoms with Crippen LogP contribution < -0.4 is 4.90 Å². The number of fused-ring (bicyclic) bond motifs is 8. The standard InChI is InChI=1S/C50H32N2S/c1-3-11-33(12-4-1)37-20-19-34-21-22-40(28-38(34)27-37)51(42-24-26-49-46(32-42)45-29-35-13-7-8-14-36(35)30-50(45)53-49)41-23-25-48-44(31-41)43-17-9-10-18-47(43)52(48)39-15-5-2-6-16-39/h1-32H. The van der Waals surface area contributed by atoms with E-state index in [2.05, 4.69) is 204 Å². The van der Waals surface area contributed by atoms with Gasteiger partial charge in [0.2, 0.25) is 0 Å². The lowest BCUT2D eigenvalue weighted by molar-refractivity contribution is 1.18. The van der Waals surface area contributed by atoms with Gasteiger partial charge in [0.25, 0.3) is 0 Å². The van der Waals surface area contributed by atoms with Crippen LogP contribution in [0.4, 0.5) is 17.1 Å². The average molecular weight is 693 g/mol. The molecule has 0 amide bonds. The summed E-state index contributed by atoms with van der Waals surface area (Å²) in [5.41, 5.74) is 9.38. The Morgan fingerprint density at radius 3 is 1.81 bits per heavy atom. The topological polar surface area (TPSA) is 8.17 Å². The Balaban J connectivity index is 1.15. The van der Waals surface area contributed by atoms with E-state index in [1.54, 1.807) is 0 Å². The van der Waals surface area contributed by atoms with E-state index in [0.29, 0.717) is 0 Å². The second kappa shape index (κ2) is 11.9. The fraction of sp³-hybridized carbons (Fsp3) is 0. The predicted octanol–water partition coefficient (Wildman–Crippen LogP) is 14.6. The van der Waals surface area contributed by atoms with Gasteiger partial charge in [-0.3, -0.25) is 0 Å². The molecule has 9 aromatic carbocycles. The number of hydrogen-bond donors (Lipinski definition) is 0. The first-order valence-electron chi connectivity index (χ1n) is 18.1. The van der Waals surface area contributed by atoms with Crippen molar-refractivity contribution in [2.75, 3.05) is 4.90 Å². The summed E-state index contributed by atoms with van der Waals surface area (Å²) in [7, 11) is 0. The molecule has 0 radical (unpaired) electrons. The van der Waals surface area contributed by atoms with E-state index in [9.17, 15) is 0 Å². The van der Waals surface area contributed by atoms with E-state index >= 15 is 0 Å². The summed E-state index contributed by atoms with van der Waals surface area (Å²) >= 11 is 1.87. The van der Waals surface area contributed by atoms with Gasteiger partial charge in [-0.1, -0.05) is 109 Å². The molecule has 0 aliphatic heterocycles. The number of benzene rings is 9. The monoisotopic (exact) mass is 692 g/mol. The van der Waals surface area contributed by atoms with Crippen LogP contribution in [-0.4, -0.2) is 4.57 Å². The normalized spacial score (nSPS) is 11.8. The van der Waals surface area contributed by atoms with Crippen molar-refractivity contribution >= 4 is 91.9 Å². The Bertz CT molecular complexity index is 3170. The lowest BCUT2D eigenvalue weighted by atomic mass is 10.0. The van der Waals surface area contributed by atoms with E-state index in [0.717, 1.165) is 22.7 Å². The maximum absolute atomic E-state index is 2.44. The Labute approximate surface area is 311 Å². The maximum Gasteiger partial charge on any atom is 0.0542 e. The van der Waals surface area contributed by atoms with Crippen molar-refractivity contribution in [1.82, 2.24) is 4.57 Å². The number of hydrogen-bond acceptors (Lipinski definition) is 2. The third-order valence-corrected chi connectivity index (χ3v) is 11.8. The number of thiophene rings is 1. The van der Waals surface area contributed by atoms with Gasteiger partial charge in [0.15, 0.2) is 0 Å². The highest BCUT2D eigenvalue weighted by Gasteiger charge is 2.19. The van der Waals surface area contributed by atoms with Crippen molar-refractivity contribution in [1.29, 1.82) is 0 Å². The molecule has 11 aromatic rings. The molecule has 2 nitrogen and oxygen atoms in total. The van der Waals surface area contributed by atoms with Crippen LogP contribution in [0.25, 0.3) is 80.3 Å². The van der Waals surface area contributed by atoms with Gasteiger partial charge in [0, 0.05) is 53.7 Å². The average Bonchev–Trinajstić information content (AvgIpc) is 3.75. The third-order valence-electron chi connectivity index (χ3n) is 10.7. The molecule has 0 bridgehead atoms. The molecule has 0 unspecified atom stereocenters. The van der Waals surface area contributed by atoms with E-state index in [1.807, 2.05) is 11.3 Å². The van der Waals surface area contributed by atoms with Crippen molar-refractivity contribution in [3.8, 4) is 16.8 Å². The Kier molecular flexibility index (Phi) is 6.76. The molecule has 0 aliphatic rings. The molecule has 11 rings (SSSR count). The molecule has 0 aliphatic carbocycles. The molecule has 0 N–H and O–H groups in total. The molecule has 2 heterocycles. The highest BCUT2D eigenvalue weighted by Crippen LogP contribution is 2.44. The summed E-state index contributed by atoms with van der Waals surface area (Å²) in [6.45, 7) is 0. The zero-order valence-corrected chi connectivity index (χ0v) is 29.6. The van der Waals surface area contributed by atoms with Gasteiger partial charge in [-0.2, -0.15) is 0 Å². The molecule has 2 aromatic heterocycles. The SMILES string of the molecule is c1ccc(-c2ccc3ccc(N(c4ccc5sc6cc7ccccc7cc6c5c4)c4ccc5c(c4)c4ccccc4n5-c4ccccc4)cc3c2)cc1. The number of nitrogens with zero attached hydrogens (tertiary/aromatic N) is 2. The zero-order chi connectivity index (χ0) is 34.9. The Morgan fingerprint density at radius 2 is 0.962 bits per heavy atom. The first-order chi connectivity index (χ1) is 26.2. The molecule has 0 atom stereocenters. The maximum atomic E-state index is 2.44. The summed E-state index contributed by atoms with van der Waals surface area (Å²) in [6.07, 6.45) is 0. The summed E-state index contributed by atoms with van der Waals surface area (Å²) in [5, 5.41) is 10.0. The highest BCUT2D eigenvalue weighted by atomic mass is 32.1. The summed E-state index contributed by atoms with van der Waals surface area (Å²) in [4.78, 5) is 2.44. The molecule has 53 heavy (non-hydrogen) atoms. The minimum Gasteiger partial charge on any atom is -0.310 e. The minimum atomic E-state index is 1.12. The molecule has 0 spiro atoms. The molecule has 0 saturated carbocycles. The van der Waals surface area contributed by atoms with Crippen molar-refractivity contribution in [2.45, 2.75) is 0 Å². The smallest absolute Gasteiger partial charge is 0.0542 e. The fourth-order valence-electron chi connectivity index (χ4n) is 8.18. The number of aromatic nitrogens is 1. The van der Waals surface area contributed by atoms with Crippen LogP contribution >= 0.6 is 11.3 Å². The van der Waals surface area contributed by atoms with E-state index < -0.39 is 0 Å². The predicted molar refractivity (Wildman–Crippen MR) is 229 cm³/mol. The quantitative estimate of drug-likeness (QED) is 0.174. The van der Waals surface area contributed by atoms with Crippen LogP contribution in [0.2, 0.25) is 0 Å². The van der Waals surface area contributed by atoms with E-state index in [-0.39, 0.29) is 0 Å². The summed E-state index contributed by atoms with van der Waals surface area (Å²) in [5.74, 6) is 0. The van der Waals surface area contributed by atoms with Crippen LogP contribution in [0.15, 0.2) is 194 Å². The van der Waals surface area contributed by atoms with Crippen molar-refractivity contribution < 1.29 is 0 Å². The highest BCUT2D eigenvalue weighted by molar-refractivity contribution is 7.25. The van der Waals surface area contributed by atoms with E-state index in [4.69, 9.17) is 0 Å². The zero-order valence-electron chi connectivity index (χ0n) is 28.8. The van der Waals surface area contributed by atoms with Crippen molar-refractivity contribution in [3.05, 3.63) is 194 Å². The molecular weight excluding hydrogens is 661 g/mol. The third kappa shape index (κ3) is 4.93. The van der Waals surface area contributed by atoms with Gasteiger partial charge >= 0.3 is 0 Å². The van der Waals surface area contributed by atoms with Crippen LogP contribution in [-0.2, 0) is 0 Å². The largest absolute Gasteiger partial charge is 0.310 e. The minimum absolute atomic E-state index is 1.12. The van der Waals surface area contributed by atoms with Crippen LogP contribution in [0.5, 0.6) is 0 Å². The fourth-order valence-corrected chi connectivity index (χ4v) is 9.29. The lowest BCUT2D eigenvalue weighted by Gasteiger charge is -2.26. The number of rotatable bonds is 5. The van der Waals surface area contributed by atoms with Gasteiger partial charge in [-0.25, -0.2) is 0 Å². The van der Waals surface area contributed by atoms with Gasteiger partial charge in [0.1, 0.15) is 0 Å². The molecule has 3 heteroatoms. The van der Waals surface area contributed by atoms with Crippen LogP contribution in [0.1, 0.15) is 0 Å². The first kappa shape index (κ1) is 30.0. The van der Waals surface area contributed by atoms with E-state index in [1.165, 1.54) is 74.6 Å². The van der Waals surface area contributed by atoms with Crippen LogP contribution in [0.3, 0.4) is 0 Å². The number of para-hydroxylation sites is 2.